The summed E-state index contributed by atoms with van der Waals surface area (Å²) in [6.07, 6.45) is 1.71. The number of hydrogen-bond donors (Lipinski definition) is 3. The minimum Gasteiger partial charge on any atom is -0.459 e. The van der Waals surface area contributed by atoms with Crippen LogP contribution in [0.3, 0.4) is 0 Å². The van der Waals surface area contributed by atoms with E-state index in [2.05, 4.69) is 16.0 Å². The molecule has 0 aliphatic rings. The third kappa shape index (κ3) is 6.05. The number of carbonyl (C=O) groups excluding carboxylic acids is 3. The largest absolute Gasteiger partial charge is 0.459 e. The lowest BCUT2D eigenvalue weighted by molar-refractivity contribution is -0.120. The lowest BCUT2D eigenvalue weighted by Crippen LogP contribution is -2.31. The predicted octanol–water partition coefficient (Wildman–Crippen LogP) is 4.16. The highest BCUT2D eigenvalue weighted by molar-refractivity contribution is 6.07. The average molecular weight is 419 g/mol. The molecule has 160 valence electrons. The zero-order valence-electron chi connectivity index (χ0n) is 17.7. The summed E-state index contributed by atoms with van der Waals surface area (Å²) in [5.74, 6) is -0.548. The maximum atomic E-state index is 12.7. The van der Waals surface area contributed by atoms with Gasteiger partial charge in [0.05, 0.1) is 12.7 Å². The van der Waals surface area contributed by atoms with Gasteiger partial charge in [-0.3, -0.25) is 14.4 Å². The van der Waals surface area contributed by atoms with Gasteiger partial charge >= 0.3 is 0 Å². The summed E-state index contributed by atoms with van der Waals surface area (Å²) < 4.78 is 5.10. The van der Waals surface area contributed by atoms with Gasteiger partial charge in [-0.15, -0.1) is 0 Å². The molecule has 2 aromatic carbocycles. The van der Waals surface area contributed by atoms with E-state index >= 15 is 0 Å². The van der Waals surface area contributed by atoms with Gasteiger partial charge in [0, 0.05) is 23.0 Å². The van der Waals surface area contributed by atoms with Gasteiger partial charge in [-0.1, -0.05) is 18.2 Å². The molecule has 3 rings (SSSR count). The normalized spacial score (nSPS) is 10.6. The molecule has 7 nitrogen and oxygen atoms in total. The molecule has 1 heterocycles. The fourth-order valence-electron chi connectivity index (χ4n) is 2.96. The van der Waals surface area contributed by atoms with Gasteiger partial charge in [-0.05, 0) is 68.3 Å². The van der Waals surface area contributed by atoms with Gasteiger partial charge in [0.25, 0.3) is 11.8 Å². The maximum Gasteiger partial charge on any atom is 0.291 e. The number of nitrogens with one attached hydrogen (secondary N) is 3. The van der Waals surface area contributed by atoms with E-state index in [0.717, 1.165) is 11.1 Å². The second kappa shape index (κ2) is 9.75. The number of furan rings is 1. The Kier molecular flexibility index (Phi) is 6.87. The van der Waals surface area contributed by atoms with Crippen LogP contribution < -0.4 is 16.0 Å². The van der Waals surface area contributed by atoms with Crippen LogP contribution in [0.4, 0.5) is 11.4 Å². The fourth-order valence-corrected chi connectivity index (χ4v) is 2.96. The standard InChI is InChI=1S/C24H25N3O4/c1-15(2)25-22(28)13-17-7-10-19(11-8-17)26-23(29)18-9-6-16(3)20(14-18)27-24(30)21-5-4-12-31-21/h4-12,14-15H,13H2,1-3H3,(H,25,28)(H,26,29)(H,27,30). The van der Waals surface area contributed by atoms with Gasteiger partial charge in [-0.2, -0.15) is 0 Å². The highest BCUT2D eigenvalue weighted by Gasteiger charge is 2.13. The van der Waals surface area contributed by atoms with Crippen molar-refractivity contribution in [3.8, 4) is 0 Å². The number of carbonyl (C=O) groups is 3. The Labute approximate surface area is 180 Å². The number of rotatable bonds is 7. The van der Waals surface area contributed by atoms with Crippen molar-refractivity contribution in [1.82, 2.24) is 5.32 Å². The Morgan fingerprint density at radius 2 is 1.68 bits per heavy atom. The molecule has 3 amide bonds. The fraction of sp³-hybridized carbons (Fsp3) is 0.208. The van der Waals surface area contributed by atoms with E-state index in [1.165, 1.54) is 6.26 Å². The Hall–Kier alpha value is -3.87. The summed E-state index contributed by atoms with van der Waals surface area (Å²) in [6.45, 7) is 5.67. The molecular formula is C24H25N3O4. The van der Waals surface area contributed by atoms with Crippen molar-refractivity contribution in [2.45, 2.75) is 33.2 Å². The van der Waals surface area contributed by atoms with Gasteiger partial charge < -0.3 is 20.4 Å². The molecule has 3 N–H and O–H groups in total. The predicted molar refractivity (Wildman–Crippen MR) is 119 cm³/mol. The van der Waals surface area contributed by atoms with E-state index in [1.807, 2.05) is 20.8 Å². The Balaban J connectivity index is 1.65. The van der Waals surface area contributed by atoms with Gasteiger partial charge in [0.15, 0.2) is 5.76 Å². The molecule has 0 saturated carbocycles. The van der Waals surface area contributed by atoms with E-state index in [1.54, 1.807) is 54.6 Å². The molecule has 0 fully saturated rings. The smallest absolute Gasteiger partial charge is 0.291 e. The zero-order chi connectivity index (χ0) is 22.4. The number of hydrogen-bond acceptors (Lipinski definition) is 4. The second-order valence-electron chi connectivity index (χ2n) is 7.51. The highest BCUT2D eigenvalue weighted by Crippen LogP contribution is 2.20. The van der Waals surface area contributed by atoms with Crippen LogP contribution in [0, 0.1) is 6.92 Å². The molecule has 0 atom stereocenters. The minimum absolute atomic E-state index is 0.0458. The molecule has 0 bridgehead atoms. The summed E-state index contributed by atoms with van der Waals surface area (Å²) in [5, 5.41) is 8.44. The van der Waals surface area contributed by atoms with Crippen LogP contribution in [0.5, 0.6) is 0 Å². The van der Waals surface area contributed by atoms with E-state index in [9.17, 15) is 14.4 Å². The van der Waals surface area contributed by atoms with Crippen LogP contribution >= 0.6 is 0 Å². The van der Waals surface area contributed by atoms with E-state index in [4.69, 9.17) is 4.42 Å². The molecule has 0 aliphatic carbocycles. The van der Waals surface area contributed by atoms with Crippen LogP contribution in [0.25, 0.3) is 0 Å². The number of anilines is 2. The first-order valence-electron chi connectivity index (χ1n) is 9.97. The number of aryl methyl sites for hydroxylation is 1. The van der Waals surface area contributed by atoms with Crippen molar-refractivity contribution in [1.29, 1.82) is 0 Å². The lowest BCUT2D eigenvalue weighted by atomic mass is 10.1. The summed E-state index contributed by atoms with van der Waals surface area (Å²) >= 11 is 0. The summed E-state index contributed by atoms with van der Waals surface area (Å²) in [7, 11) is 0. The molecular weight excluding hydrogens is 394 g/mol. The van der Waals surface area contributed by atoms with Gasteiger partial charge in [0.2, 0.25) is 5.91 Å². The van der Waals surface area contributed by atoms with Crippen LogP contribution in [0.2, 0.25) is 0 Å². The van der Waals surface area contributed by atoms with Gasteiger partial charge in [0.1, 0.15) is 0 Å². The second-order valence-corrected chi connectivity index (χ2v) is 7.51. The molecule has 0 unspecified atom stereocenters. The summed E-state index contributed by atoms with van der Waals surface area (Å²) in [4.78, 5) is 36.8. The van der Waals surface area contributed by atoms with Crippen molar-refractivity contribution >= 4 is 29.1 Å². The molecule has 0 radical (unpaired) electrons. The molecule has 0 aliphatic heterocycles. The van der Waals surface area contributed by atoms with Crippen molar-refractivity contribution < 1.29 is 18.8 Å². The van der Waals surface area contributed by atoms with Crippen LogP contribution in [-0.2, 0) is 11.2 Å². The van der Waals surface area contributed by atoms with Crippen molar-refractivity contribution in [3.05, 3.63) is 83.3 Å². The molecule has 31 heavy (non-hydrogen) atoms. The number of amides is 3. The van der Waals surface area contributed by atoms with Gasteiger partial charge in [-0.25, -0.2) is 0 Å². The molecule has 1 aromatic heterocycles. The van der Waals surface area contributed by atoms with E-state index < -0.39 is 0 Å². The minimum atomic E-state index is -0.386. The number of benzene rings is 2. The SMILES string of the molecule is Cc1ccc(C(=O)Nc2ccc(CC(=O)NC(C)C)cc2)cc1NC(=O)c1ccco1. The van der Waals surface area contributed by atoms with Crippen LogP contribution in [0.15, 0.2) is 65.3 Å². The van der Waals surface area contributed by atoms with Crippen molar-refractivity contribution in [2.75, 3.05) is 10.6 Å². The monoisotopic (exact) mass is 419 g/mol. The highest BCUT2D eigenvalue weighted by atomic mass is 16.3. The summed E-state index contributed by atoms with van der Waals surface area (Å²) in [6, 6.07) is 15.5. The first-order valence-corrected chi connectivity index (χ1v) is 9.97. The third-order valence-electron chi connectivity index (χ3n) is 4.52. The Bertz CT molecular complexity index is 1070. The Morgan fingerprint density at radius 3 is 2.32 bits per heavy atom. The van der Waals surface area contributed by atoms with Crippen LogP contribution in [-0.4, -0.2) is 23.8 Å². The van der Waals surface area contributed by atoms with Crippen molar-refractivity contribution in [3.63, 3.8) is 0 Å². The third-order valence-corrected chi connectivity index (χ3v) is 4.52. The molecule has 0 spiro atoms. The average Bonchev–Trinajstić information content (AvgIpc) is 3.25. The summed E-state index contributed by atoms with van der Waals surface area (Å²) in [5.41, 5.74) is 3.22. The van der Waals surface area contributed by atoms with E-state index in [0.29, 0.717) is 16.9 Å². The zero-order valence-corrected chi connectivity index (χ0v) is 17.7. The molecule has 3 aromatic rings. The van der Waals surface area contributed by atoms with Crippen LogP contribution in [0.1, 0.15) is 45.9 Å². The topological polar surface area (TPSA) is 100 Å². The Morgan fingerprint density at radius 1 is 0.935 bits per heavy atom. The quantitative estimate of drug-likeness (QED) is 0.535. The molecule has 7 heteroatoms. The van der Waals surface area contributed by atoms with Crippen molar-refractivity contribution in [2.24, 2.45) is 0 Å². The first kappa shape index (κ1) is 21.8. The lowest BCUT2D eigenvalue weighted by Gasteiger charge is -2.11. The molecule has 0 saturated heterocycles. The maximum absolute atomic E-state index is 12.7. The first-order chi connectivity index (χ1) is 14.8. The van der Waals surface area contributed by atoms with E-state index in [-0.39, 0.29) is 35.9 Å².